The van der Waals surface area contributed by atoms with Crippen molar-refractivity contribution in [2.24, 2.45) is 0 Å². The third kappa shape index (κ3) is 2.69. The number of amides is 2. The second-order valence-electron chi connectivity index (χ2n) is 4.81. The van der Waals surface area contributed by atoms with E-state index in [-0.39, 0.29) is 5.57 Å². The first-order valence-corrected chi connectivity index (χ1v) is 6.71. The van der Waals surface area contributed by atoms with Crippen LogP contribution in [-0.2, 0) is 16.2 Å². The number of benzene rings is 2. The van der Waals surface area contributed by atoms with Crippen molar-refractivity contribution in [1.82, 2.24) is 5.32 Å². The predicted octanol–water partition coefficient (Wildman–Crippen LogP) is 2.19. The molecule has 0 fully saturated rings. The van der Waals surface area contributed by atoms with Crippen LogP contribution in [0.1, 0.15) is 11.1 Å². The first kappa shape index (κ1) is 13.9. The van der Waals surface area contributed by atoms with E-state index in [2.05, 4.69) is 0 Å². The summed E-state index contributed by atoms with van der Waals surface area (Å²) in [7, 11) is 0. The van der Waals surface area contributed by atoms with Crippen LogP contribution in [0, 0.1) is 0 Å². The zero-order chi connectivity index (χ0) is 15.5. The second-order valence-corrected chi connectivity index (χ2v) is 4.81. The van der Waals surface area contributed by atoms with E-state index in [9.17, 15) is 14.7 Å². The minimum atomic E-state index is -0.774. The normalized spacial score (nSPS) is 14.2. The molecule has 0 spiro atoms. The Labute approximate surface area is 126 Å². The van der Waals surface area contributed by atoms with Crippen molar-refractivity contribution in [2.45, 2.75) is 6.61 Å². The van der Waals surface area contributed by atoms with E-state index in [4.69, 9.17) is 4.74 Å². The van der Waals surface area contributed by atoms with Crippen LogP contribution in [-0.4, -0.2) is 16.9 Å². The van der Waals surface area contributed by atoms with Crippen LogP contribution in [0.25, 0.3) is 5.57 Å². The average molecular weight is 295 g/mol. The maximum absolute atomic E-state index is 11.6. The Bertz CT molecular complexity index is 748. The molecule has 5 heteroatoms. The fourth-order valence-corrected chi connectivity index (χ4v) is 2.17. The number of carbonyl (C=O) groups excluding carboxylic acids is 2. The Morgan fingerprint density at radius 3 is 2.18 bits per heavy atom. The summed E-state index contributed by atoms with van der Waals surface area (Å²) in [4.78, 5) is 22.8. The lowest BCUT2D eigenvalue weighted by Gasteiger charge is -2.07. The Kier molecular flexibility index (Phi) is 3.62. The van der Waals surface area contributed by atoms with Gasteiger partial charge in [0.05, 0.1) is 5.57 Å². The molecule has 110 valence electrons. The highest BCUT2D eigenvalue weighted by atomic mass is 16.5. The molecule has 2 amide bonds. The van der Waals surface area contributed by atoms with E-state index < -0.39 is 17.6 Å². The number of hydrogen-bond acceptors (Lipinski definition) is 4. The number of aliphatic hydroxyl groups excluding tert-OH is 1. The van der Waals surface area contributed by atoms with Crippen molar-refractivity contribution in [3.63, 3.8) is 0 Å². The summed E-state index contributed by atoms with van der Waals surface area (Å²) < 4.78 is 5.64. The maximum atomic E-state index is 11.6. The van der Waals surface area contributed by atoms with Gasteiger partial charge < -0.3 is 9.84 Å². The van der Waals surface area contributed by atoms with Gasteiger partial charge in [-0.15, -0.1) is 0 Å². The van der Waals surface area contributed by atoms with E-state index in [1.54, 1.807) is 24.3 Å². The first-order chi connectivity index (χ1) is 10.6. The molecule has 0 aliphatic carbocycles. The summed E-state index contributed by atoms with van der Waals surface area (Å²) in [6, 6.07) is 16.4. The molecule has 22 heavy (non-hydrogen) atoms. The highest BCUT2D eigenvalue weighted by Gasteiger charge is 2.30. The van der Waals surface area contributed by atoms with Crippen molar-refractivity contribution in [2.75, 3.05) is 0 Å². The molecule has 0 saturated carbocycles. The third-order valence-electron chi connectivity index (χ3n) is 3.30. The predicted molar refractivity (Wildman–Crippen MR) is 79.9 cm³/mol. The smallest absolute Gasteiger partial charge is 0.293 e. The van der Waals surface area contributed by atoms with Crippen LogP contribution in [0.3, 0.4) is 0 Å². The van der Waals surface area contributed by atoms with Gasteiger partial charge >= 0.3 is 0 Å². The minimum absolute atomic E-state index is 0.0143. The lowest BCUT2D eigenvalue weighted by molar-refractivity contribution is -0.124. The second kappa shape index (κ2) is 5.73. The molecule has 5 nitrogen and oxygen atoms in total. The average Bonchev–Trinajstić information content (AvgIpc) is 2.80. The zero-order valence-corrected chi connectivity index (χ0v) is 11.6. The SMILES string of the molecule is O=C1NC(=O)C(c2ccc(OCc3ccccc3)cc2)=C1O. The van der Waals surface area contributed by atoms with Crippen molar-refractivity contribution < 1.29 is 19.4 Å². The lowest BCUT2D eigenvalue weighted by Crippen LogP contribution is -2.22. The summed E-state index contributed by atoms with van der Waals surface area (Å²) in [6.07, 6.45) is 0. The van der Waals surface area contributed by atoms with Gasteiger partial charge in [0.25, 0.3) is 11.8 Å². The van der Waals surface area contributed by atoms with Crippen molar-refractivity contribution >= 4 is 17.4 Å². The van der Waals surface area contributed by atoms with Gasteiger partial charge in [-0.05, 0) is 23.3 Å². The van der Waals surface area contributed by atoms with E-state index in [0.29, 0.717) is 17.9 Å². The van der Waals surface area contributed by atoms with Crippen molar-refractivity contribution in [3.8, 4) is 5.75 Å². The van der Waals surface area contributed by atoms with Gasteiger partial charge in [-0.1, -0.05) is 42.5 Å². The summed E-state index contributed by atoms with van der Waals surface area (Å²) in [5.41, 5.74) is 1.50. The number of rotatable bonds is 4. The Balaban J connectivity index is 1.74. The summed E-state index contributed by atoms with van der Waals surface area (Å²) >= 11 is 0. The fraction of sp³-hybridized carbons (Fsp3) is 0.0588. The van der Waals surface area contributed by atoms with Gasteiger partial charge in [0.1, 0.15) is 12.4 Å². The molecule has 3 rings (SSSR count). The summed E-state index contributed by atoms with van der Waals surface area (Å²) in [5, 5.41) is 11.7. The monoisotopic (exact) mass is 295 g/mol. The van der Waals surface area contributed by atoms with Gasteiger partial charge in [0, 0.05) is 0 Å². The van der Waals surface area contributed by atoms with Crippen LogP contribution in [0.5, 0.6) is 5.75 Å². The first-order valence-electron chi connectivity index (χ1n) is 6.71. The molecule has 0 radical (unpaired) electrons. The van der Waals surface area contributed by atoms with Gasteiger partial charge in [0.15, 0.2) is 5.76 Å². The molecule has 0 unspecified atom stereocenters. The van der Waals surface area contributed by atoms with Crippen molar-refractivity contribution in [1.29, 1.82) is 0 Å². The molecule has 0 atom stereocenters. The summed E-state index contributed by atoms with van der Waals surface area (Å²) in [5.74, 6) is -1.29. The zero-order valence-electron chi connectivity index (χ0n) is 11.6. The van der Waals surface area contributed by atoms with E-state index in [0.717, 1.165) is 5.56 Å². The van der Waals surface area contributed by atoms with Gasteiger partial charge in [-0.3, -0.25) is 14.9 Å². The number of carbonyl (C=O) groups is 2. The Morgan fingerprint density at radius 1 is 0.909 bits per heavy atom. The maximum Gasteiger partial charge on any atom is 0.293 e. The third-order valence-corrected chi connectivity index (χ3v) is 3.30. The standard InChI is InChI=1S/C17H13NO4/c19-15-14(16(20)18-17(15)21)12-6-8-13(9-7-12)22-10-11-4-2-1-3-5-11/h1-9H,10H2,(H2,18,19,20,21). The van der Waals surface area contributed by atoms with E-state index in [1.807, 2.05) is 35.6 Å². The molecule has 1 aliphatic rings. The fourth-order valence-electron chi connectivity index (χ4n) is 2.17. The molecule has 0 aromatic heterocycles. The van der Waals surface area contributed by atoms with Crippen molar-refractivity contribution in [3.05, 3.63) is 71.5 Å². The van der Waals surface area contributed by atoms with Gasteiger partial charge in [-0.2, -0.15) is 0 Å². The highest BCUT2D eigenvalue weighted by molar-refractivity contribution is 6.35. The molecule has 1 aliphatic heterocycles. The number of aliphatic hydroxyl groups is 1. The molecular formula is C17H13NO4. The van der Waals surface area contributed by atoms with Crippen LogP contribution in [0.15, 0.2) is 60.4 Å². The molecule has 1 heterocycles. The molecule has 2 aromatic rings. The molecule has 2 N–H and O–H groups in total. The van der Waals surface area contributed by atoms with Crippen LogP contribution < -0.4 is 10.1 Å². The number of ether oxygens (including phenoxy) is 1. The van der Waals surface area contributed by atoms with Crippen LogP contribution >= 0.6 is 0 Å². The Hall–Kier alpha value is -3.08. The summed E-state index contributed by atoms with van der Waals surface area (Å²) in [6.45, 7) is 0.438. The number of hydrogen-bond donors (Lipinski definition) is 2. The largest absolute Gasteiger partial charge is 0.502 e. The van der Waals surface area contributed by atoms with E-state index in [1.165, 1.54) is 0 Å². The van der Waals surface area contributed by atoms with Gasteiger partial charge in [-0.25, -0.2) is 0 Å². The molecule has 0 saturated heterocycles. The van der Waals surface area contributed by atoms with Gasteiger partial charge in [0.2, 0.25) is 0 Å². The quantitative estimate of drug-likeness (QED) is 0.848. The topological polar surface area (TPSA) is 75.6 Å². The molecule has 0 bridgehead atoms. The number of imide groups is 1. The van der Waals surface area contributed by atoms with Crippen LogP contribution in [0.2, 0.25) is 0 Å². The van der Waals surface area contributed by atoms with E-state index >= 15 is 0 Å². The Morgan fingerprint density at radius 2 is 1.59 bits per heavy atom. The number of nitrogens with one attached hydrogen (secondary N) is 1. The molecule has 2 aromatic carbocycles. The minimum Gasteiger partial charge on any atom is -0.502 e. The lowest BCUT2D eigenvalue weighted by atomic mass is 10.1. The van der Waals surface area contributed by atoms with Crippen LogP contribution in [0.4, 0.5) is 0 Å². The molecular weight excluding hydrogens is 282 g/mol. The highest BCUT2D eigenvalue weighted by Crippen LogP contribution is 2.24.